The molecule has 3 aliphatic rings. The van der Waals surface area contributed by atoms with Crippen LogP contribution in [0, 0.1) is 5.92 Å². The Bertz CT molecular complexity index is 677. The molecular weight excluding hydrogens is 358 g/mol. The summed E-state index contributed by atoms with van der Waals surface area (Å²) in [5.41, 5.74) is 0.349. The van der Waals surface area contributed by atoms with Gasteiger partial charge in [0.15, 0.2) is 0 Å². The summed E-state index contributed by atoms with van der Waals surface area (Å²) in [4.78, 5) is 31.2. The fourth-order valence-corrected chi connectivity index (χ4v) is 4.56. The smallest absolute Gasteiger partial charge is 0.272 e. The maximum Gasteiger partial charge on any atom is 0.272 e. The van der Waals surface area contributed by atoms with Gasteiger partial charge in [-0.05, 0) is 50.7 Å². The average molecular weight is 387 g/mol. The quantitative estimate of drug-likeness (QED) is 0.855. The van der Waals surface area contributed by atoms with Crippen LogP contribution in [0.15, 0.2) is 24.4 Å². The highest BCUT2D eigenvalue weighted by molar-refractivity contribution is 5.92. The topological polar surface area (TPSA) is 80.8 Å². The number of likely N-dealkylation sites (tertiary alicyclic amines) is 1. The normalized spacial score (nSPS) is 25.4. The lowest BCUT2D eigenvalue weighted by Crippen LogP contribution is -2.52. The van der Waals surface area contributed by atoms with Crippen molar-refractivity contribution in [3.05, 3.63) is 30.1 Å². The third-order valence-electron chi connectivity index (χ3n) is 6.28. The van der Waals surface area contributed by atoms with Crippen LogP contribution in [0.1, 0.15) is 49.0 Å². The summed E-state index contributed by atoms with van der Waals surface area (Å²) in [6, 6.07) is 5.53. The minimum atomic E-state index is -0.118. The van der Waals surface area contributed by atoms with E-state index in [-0.39, 0.29) is 29.4 Å². The van der Waals surface area contributed by atoms with Gasteiger partial charge in [0, 0.05) is 51.1 Å². The van der Waals surface area contributed by atoms with Gasteiger partial charge in [0.1, 0.15) is 5.69 Å². The number of nitrogens with one attached hydrogen (secondary N) is 1. The maximum atomic E-state index is 12.8. The molecule has 4 rings (SSSR count). The summed E-state index contributed by atoms with van der Waals surface area (Å²) in [6.45, 7) is 3.37. The van der Waals surface area contributed by atoms with Crippen molar-refractivity contribution in [2.75, 3.05) is 32.9 Å². The van der Waals surface area contributed by atoms with Crippen molar-refractivity contribution in [2.24, 2.45) is 5.92 Å². The molecule has 0 bridgehead atoms. The van der Waals surface area contributed by atoms with Crippen molar-refractivity contribution in [1.29, 1.82) is 0 Å². The molecule has 0 unspecified atom stereocenters. The lowest BCUT2D eigenvalue weighted by Gasteiger charge is -2.43. The second-order valence-corrected chi connectivity index (χ2v) is 8.12. The molecule has 0 aliphatic carbocycles. The first-order valence-electron chi connectivity index (χ1n) is 10.4. The van der Waals surface area contributed by atoms with Gasteiger partial charge in [0.2, 0.25) is 5.91 Å². The predicted octanol–water partition coefficient (Wildman–Crippen LogP) is 1.78. The van der Waals surface area contributed by atoms with E-state index in [1.54, 1.807) is 23.2 Å². The minimum absolute atomic E-state index is 0.0266. The molecule has 7 nitrogen and oxygen atoms in total. The van der Waals surface area contributed by atoms with E-state index in [2.05, 4.69) is 10.3 Å². The van der Waals surface area contributed by atoms with Crippen LogP contribution >= 0.6 is 0 Å². The number of rotatable bonds is 3. The summed E-state index contributed by atoms with van der Waals surface area (Å²) in [5.74, 6) is 0.0469. The Hall–Kier alpha value is -1.99. The van der Waals surface area contributed by atoms with Gasteiger partial charge in [-0.2, -0.15) is 0 Å². The molecule has 3 aliphatic heterocycles. The molecule has 1 spiro atoms. The second-order valence-electron chi connectivity index (χ2n) is 8.12. The van der Waals surface area contributed by atoms with Crippen LogP contribution in [0.5, 0.6) is 0 Å². The number of amides is 2. The molecule has 28 heavy (non-hydrogen) atoms. The van der Waals surface area contributed by atoms with Crippen LogP contribution in [-0.2, 0) is 14.3 Å². The van der Waals surface area contributed by atoms with Gasteiger partial charge in [0.05, 0.1) is 5.60 Å². The van der Waals surface area contributed by atoms with E-state index in [9.17, 15) is 9.59 Å². The zero-order valence-corrected chi connectivity index (χ0v) is 16.3. The second kappa shape index (κ2) is 8.57. The summed E-state index contributed by atoms with van der Waals surface area (Å²) in [5, 5.41) is 3.26. The summed E-state index contributed by atoms with van der Waals surface area (Å²) >= 11 is 0. The molecule has 152 valence electrons. The van der Waals surface area contributed by atoms with E-state index in [0.29, 0.717) is 38.2 Å². The molecule has 2 amide bonds. The van der Waals surface area contributed by atoms with Gasteiger partial charge in [0.25, 0.3) is 5.91 Å². The van der Waals surface area contributed by atoms with Crippen LogP contribution in [0.2, 0.25) is 0 Å². The van der Waals surface area contributed by atoms with Crippen LogP contribution in [-0.4, -0.2) is 66.3 Å². The highest BCUT2D eigenvalue weighted by atomic mass is 16.5. The highest BCUT2D eigenvalue weighted by Crippen LogP contribution is 2.34. The molecule has 1 N–H and O–H groups in total. The number of hydrogen-bond acceptors (Lipinski definition) is 5. The predicted molar refractivity (Wildman–Crippen MR) is 103 cm³/mol. The van der Waals surface area contributed by atoms with Crippen molar-refractivity contribution in [2.45, 2.75) is 50.2 Å². The average Bonchev–Trinajstić information content (AvgIpc) is 2.74. The molecule has 1 aromatic rings. The molecule has 3 saturated heterocycles. The summed E-state index contributed by atoms with van der Waals surface area (Å²) in [6.07, 6.45) is 6.59. The number of carbonyl (C=O) groups excluding carboxylic acids is 2. The third-order valence-corrected chi connectivity index (χ3v) is 6.28. The Morgan fingerprint density at radius 2 is 1.89 bits per heavy atom. The first kappa shape index (κ1) is 19.3. The monoisotopic (exact) mass is 387 g/mol. The maximum absolute atomic E-state index is 12.8. The van der Waals surface area contributed by atoms with Crippen LogP contribution in [0.4, 0.5) is 0 Å². The van der Waals surface area contributed by atoms with Crippen molar-refractivity contribution < 1.29 is 19.1 Å². The summed E-state index contributed by atoms with van der Waals surface area (Å²) in [7, 11) is 0. The minimum Gasteiger partial charge on any atom is -0.381 e. The molecule has 0 radical (unpaired) electrons. The van der Waals surface area contributed by atoms with E-state index >= 15 is 0 Å². The van der Waals surface area contributed by atoms with Crippen LogP contribution in [0.3, 0.4) is 0 Å². The van der Waals surface area contributed by atoms with Crippen molar-refractivity contribution in [1.82, 2.24) is 15.2 Å². The van der Waals surface area contributed by atoms with Gasteiger partial charge >= 0.3 is 0 Å². The first-order chi connectivity index (χ1) is 13.7. The zero-order chi connectivity index (χ0) is 19.4. The highest BCUT2D eigenvalue weighted by Gasteiger charge is 2.40. The molecule has 1 atom stereocenters. The number of carbonyl (C=O) groups is 2. The molecule has 7 heteroatoms. The van der Waals surface area contributed by atoms with Gasteiger partial charge in [-0.1, -0.05) is 6.07 Å². The summed E-state index contributed by atoms with van der Waals surface area (Å²) < 4.78 is 11.5. The van der Waals surface area contributed by atoms with Crippen molar-refractivity contribution in [3.8, 4) is 0 Å². The van der Waals surface area contributed by atoms with Crippen molar-refractivity contribution in [3.63, 3.8) is 0 Å². The van der Waals surface area contributed by atoms with E-state index in [1.807, 2.05) is 6.07 Å². The first-order valence-corrected chi connectivity index (χ1v) is 10.4. The molecule has 3 fully saturated rings. The molecule has 0 saturated carbocycles. The van der Waals surface area contributed by atoms with Gasteiger partial charge in [-0.25, -0.2) is 0 Å². The number of nitrogens with zero attached hydrogens (tertiary/aromatic N) is 2. The number of pyridine rings is 1. The van der Waals surface area contributed by atoms with E-state index in [4.69, 9.17) is 9.47 Å². The number of hydrogen-bond donors (Lipinski definition) is 1. The SMILES string of the molecule is O=C(N[C@H]1CCOC2(CCOCC2)C1)C1CCN(C(=O)c2ccccn2)CC1. The standard InChI is InChI=1S/C21H29N3O4/c25-19(23-17-6-12-28-21(15-17)7-13-27-14-8-21)16-4-10-24(11-5-16)20(26)18-3-1-2-9-22-18/h1-3,9,16-17H,4-8,10-15H2,(H,23,25)/t17-/m0/s1. The Morgan fingerprint density at radius 3 is 2.61 bits per heavy atom. The fourth-order valence-electron chi connectivity index (χ4n) is 4.56. The van der Waals surface area contributed by atoms with Gasteiger partial charge < -0.3 is 19.7 Å². The molecular formula is C21H29N3O4. The van der Waals surface area contributed by atoms with E-state index in [0.717, 1.165) is 38.9 Å². The lowest BCUT2D eigenvalue weighted by molar-refractivity contribution is -0.145. The largest absolute Gasteiger partial charge is 0.381 e. The number of aromatic nitrogens is 1. The number of ether oxygens (including phenoxy) is 2. The van der Waals surface area contributed by atoms with E-state index < -0.39 is 0 Å². The zero-order valence-electron chi connectivity index (χ0n) is 16.3. The molecule has 1 aromatic heterocycles. The Balaban J connectivity index is 1.26. The molecule has 4 heterocycles. The van der Waals surface area contributed by atoms with E-state index in [1.165, 1.54) is 0 Å². The van der Waals surface area contributed by atoms with Crippen LogP contribution in [0.25, 0.3) is 0 Å². The van der Waals surface area contributed by atoms with Crippen LogP contribution < -0.4 is 5.32 Å². The molecule has 0 aromatic carbocycles. The Morgan fingerprint density at radius 1 is 1.11 bits per heavy atom. The third kappa shape index (κ3) is 4.36. The Kier molecular flexibility index (Phi) is 5.92. The van der Waals surface area contributed by atoms with Crippen molar-refractivity contribution >= 4 is 11.8 Å². The van der Waals surface area contributed by atoms with Gasteiger partial charge in [-0.3, -0.25) is 14.6 Å². The fraction of sp³-hybridized carbons (Fsp3) is 0.667. The van der Waals surface area contributed by atoms with Gasteiger partial charge in [-0.15, -0.1) is 0 Å². The Labute approximate surface area is 165 Å². The lowest BCUT2D eigenvalue weighted by atomic mass is 9.83. The number of piperidine rings is 1.